The fraction of sp³-hybridized carbons (Fsp3) is 0.231. The first-order valence-electron chi connectivity index (χ1n) is 16.5. The van der Waals surface area contributed by atoms with Crippen molar-refractivity contribution in [2.24, 2.45) is 0 Å². The van der Waals surface area contributed by atoms with Crippen molar-refractivity contribution in [2.45, 2.75) is 36.3 Å². The number of methoxy groups -OCH3 is 2. The second kappa shape index (κ2) is 14.8. The number of nitrogen functional groups attached to an aromatic ring is 1. The summed E-state index contributed by atoms with van der Waals surface area (Å²) in [7, 11) is 3.13. The minimum atomic E-state index is -2.03. The van der Waals surface area contributed by atoms with Gasteiger partial charge in [0.25, 0.3) is 0 Å². The predicted octanol–water partition coefficient (Wildman–Crippen LogP) is 5.05. The van der Waals surface area contributed by atoms with Gasteiger partial charge < -0.3 is 34.5 Å². The molecule has 3 N–H and O–H groups in total. The van der Waals surface area contributed by atoms with Crippen molar-refractivity contribution in [1.82, 2.24) is 19.5 Å². The van der Waals surface area contributed by atoms with E-state index in [0.29, 0.717) is 33.9 Å². The van der Waals surface area contributed by atoms with Crippen LogP contribution in [0.2, 0.25) is 0 Å². The number of aromatic nitrogens is 4. The molecule has 3 heterocycles. The average molecular weight is 706 g/mol. The smallest absolute Gasteiger partial charge is 0.201 e. The van der Waals surface area contributed by atoms with E-state index in [2.05, 4.69) is 15.0 Å². The number of carbonyl (C=O) groups is 1. The minimum Gasteiger partial charge on any atom is -0.497 e. The largest absolute Gasteiger partial charge is 0.497 e. The molecule has 7 rings (SSSR count). The van der Waals surface area contributed by atoms with Crippen molar-refractivity contribution < 1.29 is 38.0 Å². The zero-order valence-electron chi connectivity index (χ0n) is 28.3. The van der Waals surface area contributed by atoms with E-state index in [1.165, 1.54) is 17.2 Å². The topological polar surface area (TPSA) is 153 Å². The Balaban J connectivity index is 1.37. The number of nitrogens with zero attached hydrogens (tertiary/aromatic N) is 4. The standard InChI is InChI=1S/C39H36FN5O7/c1-48-27-17-13-25(14-18-27)39(24-9-5-3-6-10-24,26-15-19-28(49-2)20-16-26)52-34(30(46)21-50-29-11-7-4-8-12-29)35-33(47)31(40)38(51-35)45-23-44-32-36(41)42-22-43-37(32)45/h3-20,22-23,31,33-35,38,47H,21H2,1-2H3,(H2,41,42,43)/t31-,33+,34?,35+,38-/m1/s1. The van der Waals surface area contributed by atoms with Crippen LogP contribution in [-0.4, -0.2) is 75.7 Å². The number of Topliss-reactive ketones (excluding diaryl/α,β-unsaturated/α-hetero) is 1. The molecule has 0 radical (unpaired) electrons. The van der Waals surface area contributed by atoms with Gasteiger partial charge in [-0.3, -0.25) is 9.36 Å². The lowest BCUT2D eigenvalue weighted by Crippen LogP contribution is -2.50. The lowest BCUT2D eigenvalue weighted by Gasteiger charge is -2.40. The van der Waals surface area contributed by atoms with Crippen LogP contribution in [0.25, 0.3) is 11.2 Å². The van der Waals surface area contributed by atoms with E-state index in [1.807, 2.05) is 60.7 Å². The summed E-state index contributed by atoms with van der Waals surface area (Å²) in [6.45, 7) is -0.475. The van der Waals surface area contributed by atoms with E-state index in [9.17, 15) is 9.90 Å². The lowest BCUT2D eigenvalue weighted by molar-refractivity contribution is -0.167. The van der Waals surface area contributed by atoms with Gasteiger partial charge in [-0.1, -0.05) is 72.8 Å². The second-order valence-electron chi connectivity index (χ2n) is 12.1. The van der Waals surface area contributed by atoms with Gasteiger partial charge in [0.1, 0.15) is 53.5 Å². The normalized spacial score (nSPS) is 19.3. The Bertz CT molecular complexity index is 2070. The van der Waals surface area contributed by atoms with Crippen molar-refractivity contribution in [3.8, 4) is 17.2 Å². The van der Waals surface area contributed by atoms with Crippen LogP contribution in [0.5, 0.6) is 17.2 Å². The summed E-state index contributed by atoms with van der Waals surface area (Å²) in [6, 6.07) is 32.5. The zero-order chi connectivity index (χ0) is 36.2. The van der Waals surface area contributed by atoms with Gasteiger partial charge in [0.15, 0.2) is 30.0 Å². The third-order valence-corrected chi connectivity index (χ3v) is 9.11. The molecule has 1 aliphatic heterocycles. The van der Waals surface area contributed by atoms with Crippen molar-refractivity contribution >= 4 is 22.8 Å². The predicted molar refractivity (Wildman–Crippen MR) is 189 cm³/mol. The number of anilines is 1. The van der Waals surface area contributed by atoms with Gasteiger partial charge in [-0.2, -0.15) is 0 Å². The van der Waals surface area contributed by atoms with Gasteiger partial charge in [-0.25, -0.2) is 19.3 Å². The minimum absolute atomic E-state index is 0.0929. The van der Waals surface area contributed by atoms with Crippen LogP contribution >= 0.6 is 0 Å². The number of ether oxygens (including phenoxy) is 5. The van der Waals surface area contributed by atoms with Crippen LogP contribution in [0.15, 0.2) is 122 Å². The number of halogens is 1. The first kappa shape index (κ1) is 34.6. The van der Waals surface area contributed by atoms with E-state index in [4.69, 9.17) is 29.4 Å². The fourth-order valence-electron chi connectivity index (χ4n) is 6.48. The Labute approximate surface area is 298 Å². The molecule has 1 unspecified atom stereocenters. The molecule has 6 aromatic rings. The van der Waals surface area contributed by atoms with Crippen molar-refractivity contribution in [2.75, 3.05) is 26.6 Å². The van der Waals surface area contributed by atoms with Gasteiger partial charge >= 0.3 is 0 Å². The Morgan fingerprint density at radius 2 is 1.42 bits per heavy atom. The molecule has 1 aliphatic rings. The third-order valence-electron chi connectivity index (χ3n) is 9.11. The molecule has 0 saturated carbocycles. The number of benzene rings is 4. The van der Waals surface area contributed by atoms with Gasteiger partial charge in [0.05, 0.1) is 20.5 Å². The number of aliphatic hydroxyl groups excluding tert-OH is 1. The average Bonchev–Trinajstić information content (AvgIpc) is 3.76. The maximum Gasteiger partial charge on any atom is 0.201 e. The number of hydrogen-bond donors (Lipinski definition) is 2. The summed E-state index contributed by atoms with van der Waals surface area (Å²) in [5.74, 6) is 1.11. The Hall–Kier alpha value is -5.89. The van der Waals surface area contributed by atoms with Crippen molar-refractivity contribution in [3.63, 3.8) is 0 Å². The van der Waals surface area contributed by atoms with Gasteiger partial charge in [0, 0.05) is 0 Å². The van der Waals surface area contributed by atoms with Gasteiger partial charge in [-0.15, -0.1) is 0 Å². The quantitative estimate of drug-likeness (QED) is 0.155. The number of hydrogen-bond acceptors (Lipinski definition) is 11. The summed E-state index contributed by atoms with van der Waals surface area (Å²) in [5.41, 5.74) is 6.76. The van der Waals surface area contributed by atoms with E-state index < -0.39 is 48.7 Å². The lowest BCUT2D eigenvalue weighted by atomic mass is 9.79. The molecule has 2 aromatic heterocycles. The number of alkyl halides is 1. The molecule has 52 heavy (non-hydrogen) atoms. The molecule has 0 bridgehead atoms. The maximum atomic E-state index is 16.3. The Kier molecular flexibility index (Phi) is 9.81. The monoisotopic (exact) mass is 705 g/mol. The molecule has 0 amide bonds. The van der Waals surface area contributed by atoms with E-state index >= 15 is 4.39 Å². The summed E-state index contributed by atoms with van der Waals surface area (Å²) >= 11 is 0. The van der Waals surface area contributed by atoms with Crippen LogP contribution in [0.1, 0.15) is 22.9 Å². The summed E-state index contributed by atoms with van der Waals surface area (Å²) in [5, 5.41) is 11.6. The van der Waals surface area contributed by atoms with Gasteiger partial charge in [0.2, 0.25) is 5.78 Å². The molecule has 0 aliphatic carbocycles. The highest BCUT2D eigenvalue weighted by Crippen LogP contribution is 2.45. The van der Waals surface area contributed by atoms with E-state index in [1.54, 1.807) is 62.8 Å². The number of rotatable bonds is 13. The highest BCUT2D eigenvalue weighted by atomic mass is 19.1. The fourth-order valence-corrected chi connectivity index (χ4v) is 6.48. The molecular weight excluding hydrogens is 669 g/mol. The molecule has 1 saturated heterocycles. The van der Waals surface area contributed by atoms with E-state index in [0.717, 1.165) is 0 Å². The molecule has 1 fully saturated rings. The van der Waals surface area contributed by atoms with Crippen molar-refractivity contribution in [3.05, 3.63) is 139 Å². The molecule has 266 valence electrons. The number of imidazole rings is 1. The molecule has 12 nitrogen and oxygen atoms in total. The number of nitrogens with two attached hydrogens (primary N) is 1. The van der Waals surface area contributed by atoms with Crippen LogP contribution in [0.4, 0.5) is 10.2 Å². The maximum absolute atomic E-state index is 16.3. The second-order valence-corrected chi connectivity index (χ2v) is 12.1. The third kappa shape index (κ3) is 6.41. The number of aliphatic hydroxyl groups is 1. The summed E-state index contributed by atoms with van der Waals surface area (Å²) in [6.07, 6.45) is -5.89. The molecule has 0 spiro atoms. The van der Waals surface area contributed by atoms with Crippen LogP contribution in [0, 0.1) is 0 Å². The molecule has 4 aromatic carbocycles. The summed E-state index contributed by atoms with van der Waals surface area (Å²) < 4.78 is 47.9. The molecular formula is C39H36FN5O7. The first-order chi connectivity index (χ1) is 25.3. The Morgan fingerprint density at radius 1 is 0.846 bits per heavy atom. The molecule has 13 heteroatoms. The highest BCUT2D eigenvalue weighted by Gasteiger charge is 2.54. The van der Waals surface area contributed by atoms with Crippen molar-refractivity contribution in [1.29, 1.82) is 0 Å². The Morgan fingerprint density at radius 3 is 2.02 bits per heavy atom. The number of fused-ring (bicyclic) bond motifs is 1. The van der Waals surface area contributed by atoms with Crippen LogP contribution in [0.3, 0.4) is 0 Å². The number of carbonyl (C=O) groups excluding carboxylic acids is 1. The van der Waals surface area contributed by atoms with Crippen LogP contribution in [-0.2, 0) is 19.9 Å². The van der Waals surface area contributed by atoms with E-state index in [-0.39, 0.29) is 17.0 Å². The zero-order valence-corrected chi connectivity index (χ0v) is 28.3. The first-order valence-corrected chi connectivity index (χ1v) is 16.5. The number of ketones is 1. The summed E-state index contributed by atoms with van der Waals surface area (Å²) in [4.78, 5) is 26.9. The van der Waals surface area contributed by atoms with Gasteiger partial charge in [-0.05, 0) is 53.1 Å². The van der Waals surface area contributed by atoms with Crippen LogP contribution < -0.4 is 19.9 Å². The highest BCUT2D eigenvalue weighted by molar-refractivity contribution is 5.86. The number of para-hydroxylation sites is 1. The SMILES string of the molecule is COc1ccc(C(OC(C(=O)COc2ccccc2)[C@H]2O[C@@H](n3cnc4c(N)ncnc43)[C@H](F)[C@@H]2O)(c2ccccc2)c2ccc(OC)cc2)cc1. The molecule has 5 atom stereocenters.